The first-order valence-corrected chi connectivity index (χ1v) is 7.20. The zero-order valence-corrected chi connectivity index (χ0v) is 11.0. The van der Waals surface area contributed by atoms with Crippen LogP contribution in [0.15, 0.2) is 18.2 Å². The monoisotopic (exact) mass is 266 g/mol. The van der Waals surface area contributed by atoms with Crippen molar-refractivity contribution in [2.75, 3.05) is 23.3 Å². The molecule has 1 atom stereocenters. The third-order valence-electron chi connectivity index (χ3n) is 3.09. The van der Waals surface area contributed by atoms with E-state index in [-0.39, 0.29) is 5.56 Å². The molecule has 18 heavy (non-hydrogen) atoms. The molecule has 1 aliphatic heterocycles. The van der Waals surface area contributed by atoms with Crippen molar-refractivity contribution in [3.05, 3.63) is 23.8 Å². The SMILES string of the molecule is Nc1cc(NCC2CCCCS2)ccc1C(=O)O. The van der Waals surface area contributed by atoms with Crippen LogP contribution < -0.4 is 11.1 Å². The summed E-state index contributed by atoms with van der Waals surface area (Å²) >= 11 is 2.01. The summed E-state index contributed by atoms with van der Waals surface area (Å²) in [6.07, 6.45) is 3.88. The fraction of sp³-hybridized carbons (Fsp3) is 0.462. The van der Waals surface area contributed by atoms with Gasteiger partial charge < -0.3 is 16.2 Å². The number of carboxylic acid groups (broad SMARTS) is 1. The molecule has 98 valence electrons. The fourth-order valence-electron chi connectivity index (χ4n) is 2.07. The average Bonchev–Trinajstić information content (AvgIpc) is 2.37. The second-order valence-electron chi connectivity index (χ2n) is 4.48. The van der Waals surface area contributed by atoms with Crippen molar-refractivity contribution >= 4 is 29.1 Å². The van der Waals surface area contributed by atoms with E-state index < -0.39 is 5.97 Å². The number of nitrogens with two attached hydrogens (primary N) is 1. The lowest BCUT2D eigenvalue weighted by molar-refractivity contribution is 0.0698. The highest BCUT2D eigenvalue weighted by Gasteiger charge is 2.14. The summed E-state index contributed by atoms with van der Waals surface area (Å²) in [5.41, 5.74) is 7.07. The number of hydrogen-bond donors (Lipinski definition) is 3. The second-order valence-corrected chi connectivity index (χ2v) is 5.88. The molecule has 0 bridgehead atoms. The van der Waals surface area contributed by atoms with Gasteiger partial charge in [-0.1, -0.05) is 6.42 Å². The number of carboxylic acids is 1. The van der Waals surface area contributed by atoms with Gasteiger partial charge in [0, 0.05) is 23.2 Å². The maximum atomic E-state index is 10.8. The van der Waals surface area contributed by atoms with Crippen LogP contribution >= 0.6 is 11.8 Å². The Bertz CT molecular complexity index is 431. The van der Waals surface area contributed by atoms with Gasteiger partial charge in [-0.15, -0.1) is 0 Å². The predicted octanol–water partition coefficient (Wildman–Crippen LogP) is 2.66. The third kappa shape index (κ3) is 3.32. The molecule has 1 heterocycles. The van der Waals surface area contributed by atoms with Crippen molar-refractivity contribution in [1.29, 1.82) is 0 Å². The Morgan fingerprint density at radius 2 is 2.33 bits per heavy atom. The fourth-order valence-corrected chi connectivity index (χ4v) is 3.31. The number of nitrogens with one attached hydrogen (secondary N) is 1. The minimum absolute atomic E-state index is 0.160. The van der Waals surface area contributed by atoms with Gasteiger partial charge in [-0.3, -0.25) is 0 Å². The Kier molecular flexibility index (Phi) is 4.36. The van der Waals surface area contributed by atoms with Gasteiger partial charge in [0.15, 0.2) is 0 Å². The highest BCUT2D eigenvalue weighted by molar-refractivity contribution is 7.99. The summed E-state index contributed by atoms with van der Waals surface area (Å²) in [7, 11) is 0. The molecule has 5 heteroatoms. The summed E-state index contributed by atoms with van der Waals surface area (Å²) < 4.78 is 0. The van der Waals surface area contributed by atoms with Crippen molar-refractivity contribution in [3.63, 3.8) is 0 Å². The molecule has 2 rings (SSSR count). The quantitative estimate of drug-likeness (QED) is 0.730. The van der Waals surface area contributed by atoms with Crippen LogP contribution in [0.25, 0.3) is 0 Å². The average molecular weight is 266 g/mol. The van der Waals surface area contributed by atoms with Gasteiger partial charge in [-0.2, -0.15) is 11.8 Å². The third-order valence-corrected chi connectivity index (χ3v) is 4.49. The molecule has 1 aliphatic rings. The van der Waals surface area contributed by atoms with E-state index in [1.807, 2.05) is 11.8 Å². The van der Waals surface area contributed by atoms with Crippen molar-refractivity contribution in [2.45, 2.75) is 24.5 Å². The van der Waals surface area contributed by atoms with Gasteiger partial charge in [0.2, 0.25) is 0 Å². The van der Waals surface area contributed by atoms with Crippen LogP contribution in [0.2, 0.25) is 0 Å². The van der Waals surface area contributed by atoms with E-state index in [0.29, 0.717) is 10.9 Å². The van der Waals surface area contributed by atoms with Gasteiger partial charge in [-0.05, 0) is 36.8 Å². The topological polar surface area (TPSA) is 75.3 Å². The first-order chi connectivity index (χ1) is 8.66. The summed E-state index contributed by atoms with van der Waals surface area (Å²) in [6, 6.07) is 5.01. The van der Waals surface area contributed by atoms with Crippen LogP contribution in [0.1, 0.15) is 29.6 Å². The Hall–Kier alpha value is -1.36. The van der Waals surface area contributed by atoms with Crippen LogP contribution in [-0.2, 0) is 0 Å². The maximum Gasteiger partial charge on any atom is 0.337 e. The van der Waals surface area contributed by atoms with Crippen molar-refractivity contribution in [1.82, 2.24) is 0 Å². The Morgan fingerprint density at radius 3 is 2.94 bits per heavy atom. The number of hydrogen-bond acceptors (Lipinski definition) is 4. The van der Waals surface area contributed by atoms with Crippen molar-refractivity contribution in [3.8, 4) is 0 Å². The molecule has 4 N–H and O–H groups in total. The molecule has 1 aromatic rings. The molecular formula is C13H18N2O2S. The highest BCUT2D eigenvalue weighted by Crippen LogP contribution is 2.26. The first-order valence-electron chi connectivity index (χ1n) is 6.15. The Morgan fingerprint density at radius 1 is 1.50 bits per heavy atom. The van der Waals surface area contributed by atoms with Crippen molar-refractivity contribution < 1.29 is 9.90 Å². The molecule has 0 aliphatic carbocycles. The smallest absolute Gasteiger partial charge is 0.337 e. The second kappa shape index (κ2) is 6.00. The highest BCUT2D eigenvalue weighted by atomic mass is 32.2. The van der Waals surface area contributed by atoms with Gasteiger partial charge in [0.25, 0.3) is 0 Å². The first kappa shape index (κ1) is 13.1. The lowest BCUT2D eigenvalue weighted by atomic mass is 10.1. The van der Waals surface area contributed by atoms with Crippen LogP contribution in [0, 0.1) is 0 Å². The molecule has 0 aromatic heterocycles. The number of aromatic carboxylic acids is 1. The lowest BCUT2D eigenvalue weighted by Crippen LogP contribution is -2.20. The normalized spacial score (nSPS) is 19.4. The van der Waals surface area contributed by atoms with Gasteiger partial charge >= 0.3 is 5.97 Å². The minimum Gasteiger partial charge on any atom is -0.478 e. The van der Waals surface area contributed by atoms with Crippen LogP contribution in [0.5, 0.6) is 0 Å². The molecule has 1 aromatic carbocycles. The molecular weight excluding hydrogens is 248 g/mol. The Balaban J connectivity index is 1.93. The summed E-state index contributed by atoms with van der Waals surface area (Å²) in [5.74, 6) is 0.258. The maximum absolute atomic E-state index is 10.8. The number of thioether (sulfide) groups is 1. The van der Waals surface area contributed by atoms with Crippen molar-refractivity contribution in [2.24, 2.45) is 0 Å². The molecule has 1 fully saturated rings. The predicted molar refractivity (Wildman–Crippen MR) is 76.4 cm³/mol. The van der Waals surface area contributed by atoms with E-state index in [1.165, 1.54) is 25.0 Å². The number of nitrogen functional groups attached to an aromatic ring is 1. The van der Waals surface area contributed by atoms with E-state index in [0.717, 1.165) is 12.2 Å². The van der Waals surface area contributed by atoms with E-state index in [2.05, 4.69) is 5.32 Å². The van der Waals surface area contributed by atoms with Crippen LogP contribution in [0.4, 0.5) is 11.4 Å². The number of rotatable bonds is 4. The van der Waals surface area contributed by atoms with Crippen LogP contribution in [-0.4, -0.2) is 28.6 Å². The molecule has 0 radical (unpaired) electrons. The standard InChI is InChI=1S/C13H18N2O2S/c14-12-7-9(4-5-11(12)13(16)17)15-8-10-3-1-2-6-18-10/h4-5,7,10,15H,1-3,6,8,14H2,(H,16,17). The minimum atomic E-state index is -0.984. The zero-order chi connectivity index (χ0) is 13.0. The molecule has 0 spiro atoms. The number of anilines is 2. The molecule has 4 nitrogen and oxygen atoms in total. The van der Waals surface area contributed by atoms with Gasteiger partial charge in [0.05, 0.1) is 5.56 Å². The molecule has 0 saturated carbocycles. The summed E-state index contributed by atoms with van der Waals surface area (Å²) in [5, 5.41) is 12.9. The van der Waals surface area contributed by atoms with Gasteiger partial charge in [0.1, 0.15) is 0 Å². The molecule has 1 unspecified atom stereocenters. The zero-order valence-electron chi connectivity index (χ0n) is 10.2. The largest absolute Gasteiger partial charge is 0.478 e. The van der Waals surface area contributed by atoms with E-state index in [9.17, 15) is 4.79 Å². The number of benzene rings is 1. The lowest BCUT2D eigenvalue weighted by Gasteiger charge is -2.22. The van der Waals surface area contributed by atoms with Gasteiger partial charge in [-0.25, -0.2) is 4.79 Å². The summed E-state index contributed by atoms with van der Waals surface area (Å²) in [4.78, 5) is 10.8. The number of carbonyl (C=O) groups is 1. The van der Waals surface area contributed by atoms with E-state index in [4.69, 9.17) is 10.8 Å². The summed E-state index contributed by atoms with van der Waals surface area (Å²) in [6.45, 7) is 0.913. The van der Waals surface area contributed by atoms with Crippen LogP contribution in [0.3, 0.4) is 0 Å². The van der Waals surface area contributed by atoms with E-state index >= 15 is 0 Å². The van der Waals surface area contributed by atoms with E-state index in [1.54, 1.807) is 18.2 Å². The molecule has 1 saturated heterocycles. The Labute approximate surface area is 111 Å². The molecule has 0 amide bonds.